The minimum atomic E-state index is -0.728. The van der Waals surface area contributed by atoms with Crippen LogP contribution in [0.4, 0.5) is 0 Å². The van der Waals surface area contributed by atoms with E-state index in [1.54, 1.807) is 0 Å². The number of amides is 1. The van der Waals surface area contributed by atoms with Crippen molar-refractivity contribution in [2.45, 2.75) is 102 Å². The zero-order valence-electron chi connectivity index (χ0n) is 24.0. The second kappa shape index (κ2) is 21.7. The molecule has 0 saturated heterocycles. The molecule has 0 aromatic heterocycles. The molecule has 0 aromatic rings. The molecule has 40 heavy (non-hydrogen) atoms. The van der Waals surface area contributed by atoms with Gasteiger partial charge in [0.2, 0.25) is 5.91 Å². The number of aliphatic imine (C=N–C) groups is 2. The Kier molecular flexibility index (Phi) is 20.0. The number of ketones is 3. The Morgan fingerprint density at radius 1 is 0.700 bits per heavy atom. The van der Waals surface area contributed by atoms with E-state index in [1.807, 2.05) is 0 Å². The second-order valence-electron chi connectivity index (χ2n) is 10.1. The van der Waals surface area contributed by atoms with E-state index in [0.717, 1.165) is 12.8 Å². The third-order valence-electron chi connectivity index (χ3n) is 6.59. The number of nitrogens with one attached hydrogen (secondary N) is 1. The highest BCUT2D eigenvalue weighted by Crippen LogP contribution is 2.16. The molecule has 0 unspecified atom stereocenters. The molecule has 0 heterocycles. The van der Waals surface area contributed by atoms with Gasteiger partial charge in [0.15, 0.2) is 17.7 Å². The maximum atomic E-state index is 12.9. The minimum absolute atomic E-state index is 0.0162. The van der Waals surface area contributed by atoms with Crippen LogP contribution in [0.5, 0.6) is 0 Å². The highest BCUT2D eigenvalue weighted by Gasteiger charge is 2.24. The lowest BCUT2D eigenvalue weighted by Crippen LogP contribution is -2.48. The molecule has 0 rings (SSSR count). The van der Waals surface area contributed by atoms with Crippen LogP contribution in [0.25, 0.3) is 0 Å². The van der Waals surface area contributed by atoms with Gasteiger partial charge in [0.1, 0.15) is 11.6 Å². The Hall–Kier alpha value is -3.10. The summed E-state index contributed by atoms with van der Waals surface area (Å²) in [6.45, 7) is 2.69. The van der Waals surface area contributed by atoms with Gasteiger partial charge in [0, 0.05) is 31.8 Å². The van der Waals surface area contributed by atoms with Gasteiger partial charge >= 0.3 is 0 Å². The Bertz CT molecular complexity index is 841. The van der Waals surface area contributed by atoms with E-state index in [-0.39, 0.29) is 48.0 Å². The number of Topliss-reactive ketones (excluding diaryl/α,β-unsaturated/α-hetero) is 3. The molecule has 1 amide bonds. The third kappa shape index (κ3) is 18.2. The van der Waals surface area contributed by atoms with Crippen LogP contribution < -0.4 is 45.5 Å². The van der Waals surface area contributed by atoms with Crippen molar-refractivity contribution in [2.24, 2.45) is 56.0 Å². The first-order valence-corrected chi connectivity index (χ1v) is 14.1. The maximum absolute atomic E-state index is 12.9. The highest BCUT2D eigenvalue weighted by molar-refractivity contribution is 5.91. The number of unbranched alkanes of at least 4 members (excludes halogenated alkanes) is 2. The molecule has 0 aliphatic heterocycles. The van der Waals surface area contributed by atoms with Crippen molar-refractivity contribution in [1.82, 2.24) is 5.32 Å². The fraction of sp³-hybridized carbons (Fsp3) is 0.769. The summed E-state index contributed by atoms with van der Waals surface area (Å²) in [6, 6.07) is -2.17. The van der Waals surface area contributed by atoms with Gasteiger partial charge in [0.05, 0.1) is 18.1 Å². The van der Waals surface area contributed by atoms with Crippen molar-refractivity contribution in [3.05, 3.63) is 0 Å². The largest absolute Gasteiger partial charge is 0.370 e. The lowest BCUT2D eigenvalue weighted by molar-refractivity contribution is -0.129. The molecule has 14 heteroatoms. The highest BCUT2D eigenvalue weighted by atomic mass is 16.2. The Balaban J connectivity index is 4.78. The molecule has 14 nitrogen and oxygen atoms in total. The molecule has 15 N–H and O–H groups in total. The first kappa shape index (κ1) is 36.9. The van der Waals surface area contributed by atoms with Crippen molar-refractivity contribution in [1.29, 1.82) is 0 Å². The zero-order chi connectivity index (χ0) is 30.5. The van der Waals surface area contributed by atoms with E-state index in [9.17, 15) is 19.2 Å². The molecule has 0 aliphatic carbocycles. The van der Waals surface area contributed by atoms with Crippen LogP contribution in [0, 0.1) is 5.92 Å². The average molecular weight is 569 g/mol. The summed E-state index contributed by atoms with van der Waals surface area (Å²) in [6.07, 6.45) is 5.59. The predicted octanol–water partition coefficient (Wildman–Crippen LogP) is -1.34. The van der Waals surface area contributed by atoms with E-state index >= 15 is 0 Å². The number of carbonyl (C=O) groups excluding carboxylic acids is 4. The Morgan fingerprint density at radius 2 is 1.25 bits per heavy atom. The van der Waals surface area contributed by atoms with Crippen LogP contribution in [0.15, 0.2) is 9.98 Å². The van der Waals surface area contributed by atoms with Crippen LogP contribution in [0.1, 0.15) is 84.0 Å². The summed E-state index contributed by atoms with van der Waals surface area (Å²) in [5.74, 6) is -1.28. The summed E-state index contributed by atoms with van der Waals surface area (Å²) in [7, 11) is 0. The summed E-state index contributed by atoms with van der Waals surface area (Å²) in [4.78, 5) is 57.9. The van der Waals surface area contributed by atoms with Crippen molar-refractivity contribution in [3.63, 3.8) is 0 Å². The van der Waals surface area contributed by atoms with Crippen LogP contribution in [0.3, 0.4) is 0 Å². The van der Waals surface area contributed by atoms with Crippen LogP contribution in [-0.2, 0) is 19.2 Å². The average Bonchev–Trinajstić information content (AvgIpc) is 2.89. The summed E-state index contributed by atoms with van der Waals surface area (Å²) < 4.78 is 0. The third-order valence-corrected chi connectivity index (χ3v) is 6.59. The number of nitrogens with two attached hydrogens (primary N) is 7. The van der Waals surface area contributed by atoms with Crippen LogP contribution in [0.2, 0.25) is 0 Å². The molecule has 0 saturated carbocycles. The van der Waals surface area contributed by atoms with Gasteiger partial charge in [0.25, 0.3) is 0 Å². The van der Waals surface area contributed by atoms with Gasteiger partial charge in [-0.1, -0.05) is 12.8 Å². The molecule has 0 spiro atoms. The van der Waals surface area contributed by atoms with Gasteiger partial charge in [-0.3, -0.25) is 29.2 Å². The number of guanidine groups is 2. The monoisotopic (exact) mass is 568 g/mol. The summed E-state index contributed by atoms with van der Waals surface area (Å²) >= 11 is 0. The lowest BCUT2D eigenvalue weighted by Gasteiger charge is -2.20. The minimum Gasteiger partial charge on any atom is -0.370 e. The number of nitrogens with zero attached hydrogens (tertiary/aromatic N) is 2. The SMILES string of the molecule is CC(=O)[C@H](CCCN=C(N)N)CC(=O)[C@@H](N)CCCCC(=O)[C@@H](CCCN=C(N)N)NC(=O)[C@H](N)CCCCN. The fourth-order valence-electron chi connectivity index (χ4n) is 4.12. The number of rotatable bonds is 24. The predicted molar refractivity (Wildman–Crippen MR) is 158 cm³/mol. The van der Waals surface area contributed by atoms with Crippen molar-refractivity contribution in [2.75, 3.05) is 19.6 Å². The summed E-state index contributed by atoms with van der Waals surface area (Å²) in [5.41, 5.74) is 38.9. The summed E-state index contributed by atoms with van der Waals surface area (Å²) in [5, 5.41) is 2.77. The molecule has 4 atom stereocenters. The first-order valence-electron chi connectivity index (χ1n) is 14.1. The van der Waals surface area contributed by atoms with Gasteiger partial charge in [-0.2, -0.15) is 0 Å². The van der Waals surface area contributed by atoms with Gasteiger partial charge < -0.3 is 45.5 Å². The Morgan fingerprint density at radius 3 is 1.80 bits per heavy atom. The van der Waals surface area contributed by atoms with Crippen LogP contribution in [-0.4, -0.2) is 72.9 Å². The molecule has 0 aliphatic rings. The van der Waals surface area contributed by atoms with Gasteiger partial charge in [-0.25, -0.2) is 0 Å². The zero-order valence-corrected chi connectivity index (χ0v) is 24.0. The maximum Gasteiger partial charge on any atom is 0.237 e. The number of hydrogen-bond acceptors (Lipinski definition) is 9. The van der Waals surface area contributed by atoms with E-state index in [2.05, 4.69) is 15.3 Å². The molecular weight excluding hydrogens is 516 g/mol. The lowest BCUT2D eigenvalue weighted by atomic mass is 9.90. The fourth-order valence-corrected chi connectivity index (χ4v) is 4.12. The van der Waals surface area contributed by atoms with Crippen molar-refractivity contribution in [3.8, 4) is 0 Å². The van der Waals surface area contributed by atoms with E-state index in [1.165, 1.54) is 6.92 Å². The standard InChI is InChI=1S/C26H52N10O4/c1-17(37)18(8-6-14-34-25(30)31)16-23(39)19(28)9-2-3-12-22(38)21(11-7-15-35-26(32)33)36-24(40)20(29)10-4-5-13-27/h18-21H,2-16,27-29H2,1H3,(H,36,40)(H4,30,31,34)(H4,32,33,35)/t18-,19+,20-,21-/m1/s1. The smallest absolute Gasteiger partial charge is 0.237 e. The molecule has 230 valence electrons. The first-order chi connectivity index (χ1) is 18.9. The Labute approximate surface area is 237 Å². The van der Waals surface area contributed by atoms with Crippen molar-refractivity contribution >= 4 is 35.2 Å². The molecular formula is C26H52N10O4. The molecule has 0 bridgehead atoms. The van der Waals surface area contributed by atoms with Crippen molar-refractivity contribution < 1.29 is 19.2 Å². The number of carbonyl (C=O) groups is 4. The second-order valence-corrected chi connectivity index (χ2v) is 10.1. The van der Waals surface area contributed by atoms with Gasteiger partial charge in [-0.15, -0.1) is 0 Å². The van der Waals surface area contributed by atoms with E-state index < -0.39 is 24.0 Å². The van der Waals surface area contributed by atoms with E-state index in [4.69, 9.17) is 40.1 Å². The number of hydrogen-bond donors (Lipinski definition) is 8. The molecule has 0 radical (unpaired) electrons. The van der Waals surface area contributed by atoms with Gasteiger partial charge in [-0.05, 0) is 64.8 Å². The molecule has 0 fully saturated rings. The normalized spacial score (nSPS) is 13.9. The quantitative estimate of drug-likeness (QED) is 0.0382. The van der Waals surface area contributed by atoms with E-state index in [0.29, 0.717) is 71.0 Å². The topological polar surface area (TPSA) is 287 Å². The van der Waals surface area contributed by atoms with Crippen LogP contribution >= 0.6 is 0 Å². The molecule has 0 aromatic carbocycles.